The summed E-state index contributed by atoms with van der Waals surface area (Å²) >= 11 is 1.23. The van der Waals surface area contributed by atoms with Crippen LogP contribution in [0.25, 0.3) is 0 Å². The van der Waals surface area contributed by atoms with E-state index in [0.29, 0.717) is 32.1 Å². The van der Waals surface area contributed by atoms with Gasteiger partial charge in [0.2, 0.25) is 124 Å². The molecule has 0 radical (unpaired) electrons. The summed E-state index contributed by atoms with van der Waals surface area (Å²) < 4.78 is 0. The maximum Gasteiger partial charge on any atom is 0.326 e. The molecule has 32 N–H and O–H groups in total. The molecule has 18 atom stereocenters. The van der Waals surface area contributed by atoms with Gasteiger partial charge in [-0.3, -0.25) is 120 Å². The highest BCUT2D eigenvalue weighted by molar-refractivity contribution is 7.98. The van der Waals surface area contributed by atoms with E-state index < -0.39 is 321 Å². The van der Waals surface area contributed by atoms with Crippen molar-refractivity contribution in [3.05, 3.63) is 35.9 Å². The van der Waals surface area contributed by atoms with Crippen molar-refractivity contribution in [2.24, 2.45) is 34.4 Å². The molecule has 21 amide bonds. The van der Waals surface area contributed by atoms with Crippen LogP contribution in [0.1, 0.15) is 174 Å². The van der Waals surface area contributed by atoms with Gasteiger partial charge in [0.05, 0.1) is 44.9 Å². The molecule has 0 unspecified atom stereocenters. The normalized spacial score (nSPS) is 19.0. The zero-order valence-corrected chi connectivity index (χ0v) is 81.4. The summed E-state index contributed by atoms with van der Waals surface area (Å²) in [5.74, 6) is -28.8. The molecule has 5 heterocycles. The summed E-state index contributed by atoms with van der Waals surface area (Å²) in [7, 11) is 0. The van der Waals surface area contributed by atoms with Crippen LogP contribution in [0.5, 0.6) is 0 Å². The first-order valence-corrected chi connectivity index (χ1v) is 48.8. The van der Waals surface area contributed by atoms with Crippen molar-refractivity contribution in [1.29, 1.82) is 5.41 Å². The molecule has 0 spiro atoms. The number of carboxylic acid groups (broad SMARTS) is 4. The Labute approximate surface area is 836 Å². The average molecular weight is 2070 g/mol. The maximum absolute atomic E-state index is 14.7. The van der Waals surface area contributed by atoms with E-state index in [4.69, 9.17) is 39.8 Å². The molecule has 0 saturated carbocycles. The molecule has 0 aromatic heterocycles. The van der Waals surface area contributed by atoms with E-state index in [2.05, 4.69) is 63.8 Å². The summed E-state index contributed by atoms with van der Waals surface area (Å²) in [6.45, 7) is 0.128. The van der Waals surface area contributed by atoms with Crippen molar-refractivity contribution in [1.82, 2.24) is 98.9 Å². The zero-order valence-electron chi connectivity index (χ0n) is 80.6. The van der Waals surface area contributed by atoms with Gasteiger partial charge in [-0.2, -0.15) is 11.8 Å². The summed E-state index contributed by atoms with van der Waals surface area (Å²) in [5.41, 5.74) is 34.6. The second-order valence-corrected chi connectivity index (χ2v) is 36.6. The van der Waals surface area contributed by atoms with Gasteiger partial charge < -0.3 is 159 Å². The SMILES string of the molecule is CSCC[C@H](NC(=O)[C@H](CCC(N)=O)NC(=O)[C@H](CCC(=O)O)NC(=O)[C@@H]1CCCN1C(=O)[C@H](CO)NC(=O)[C@H](C)NC(=O)[C@H](CC(N)=O)NC(=O)[C@H](CC(=O)O)NC(=O)CNC(=O)[C@@H]1CCCN1C(=O)[C@H](CC(N)=O)NC(=O)[C@H](CC(=O)O)NC(=O)[C@@H]1CCCN1C(=O)[C@H](CCCCN)NC(=O)[C@@H]1CCCN1C(=O)[C@@H]1CCCN1C(=O)[C@@H](N)Cc1ccccc1)C(=O)N[C@@H](C)C(=O)N[C@@H](CCCNC(=N)N)C(=O)O. The second-order valence-electron chi connectivity index (χ2n) is 35.6. The topological polar surface area (TPSA) is 892 Å². The number of unbranched alkanes of at least 4 members (excludes halogenated alkanes) is 1. The number of nitrogens with one attached hydrogen (secondary N) is 15. The predicted molar refractivity (Wildman–Crippen MR) is 507 cm³/mol. The molecule has 1 aromatic carbocycles. The van der Waals surface area contributed by atoms with Gasteiger partial charge in [0.25, 0.3) is 0 Å². The molecular formula is C88H134N26O30S. The molecule has 5 aliphatic rings. The lowest BCUT2D eigenvalue weighted by Crippen LogP contribution is -2.61. The van der Waals surface area contributed by atoms with Crippen LogP contribution in [0.3, 0.4) is 0 Å². The van der Waals surface area contributed by atoms with Crippen LogP contribution < -0.4 is 109 Å². The second kappa shape index (κ2) is 58.9. The van der Waals surface area contributed by atoms with Crippen molar-refractivity contribution >= 4 is 166 Å². The smallest absolute Gasteiger partial charge is 0.326 e. The number of hydrogen-bond acceptors (Lipinski definition) is 30. The monoisotopic (exact) mass is 2070 g/mol. The highest BCUT2D eigenvalue weighted by Gasteiger charge is 2.48. The Morgan fingerprint density at radius 3 is 1.26 bits per heavy atom. The van der Waals surface area contributed by atoms with Gasteiger partial charge in [-0.1, -0.05) is 30.3 Å². The minimum absolute atomic E-state index is 0.0159. The number of carboxylic acids is 4. The number of nitrogens with two attached hydrogens (primary N) is 6. The van der Waals surface area contributed by atoms with Gasteiger partial charge in [0, 0.05) is 52.1 Å². The Bertz CT molecular complexity index is 4890. The maximum atomic E-state index is 14.7. The number of primary amides is 3. The van der Waals surface area contributed by atoms with Gasteiger partial charge in [0.1, 0.15) is 103 Å². The minimum Gasteiger partial charge on any atom is -0.481 e. The number of carbonyl (C=O) groups excluding carboxylic acids is 21. The third-order valence-electron chi connectivity index (χ3n) is 24.6. The van der Waals surface area contributed by atoms with Crippen LogP contribution in [0, 0.1) is 5.41 Å². The largest absolute Gasteiger partial charge is 0.481 e. The summed E-state index contributed by atoms with van der Waals surface area (Å²) in [5, 5.41) is 89.4. The Morgan fingerprint density at radius 2 is 0.779 bits per heavy atom. The summed E-state index contributed by atoms with van der Waals surface area (Å²) in [4.78, 5) is 344. The fraction of sp³-hybridized carbons (Fsp3) is 0.636. The number of thioether (sulfide) groups is 1. The lowest BCUT2D eigenvalue weighted by atomic mass is 10.0. The Kier molecular flexibility index (Phi) is 48.4. The van der Waals surface area contributed by atoms with E-state index in [1.165, 1.54) is 28.5 Å². The van der Waals surface area contributed by atoms with Crippen LogP contribution in [0.15, 0.2) is 30.3 Å². The molecule has 0 aliphatic carbocycles. The molecule has 5 fully saturated rings. The van der Waals surface area contributed by atoms with Gasteiger partial charge in [-0.25, -0.2) is 4.79 Å². The lowest BCUT2D eigenvalue weighted by molar-refractivity contribution is -0.148. The molecule has 57 heteroatoms. The van der Waals surface area contributed by atoms with Crippen molar-refractivity contribution in [2.45, 2.75) is 283 Å². The number of carbonyl (C=O) groups is 25. The third kappa shape index (κ3) is 37.6. The highest BCUT2D eigenvalue weighted by Crippen LogP contribution is 2.29. The molecule has 5 saturated heterocycles. The Balaban J connectivity index is 1.05. The number of nitrogens with zero attached hydrogens (tertiary/aromatic N) is 5. The van der Waals surface area contributed by atoms with Crippen molar-refractivity contribution in [3.8, 4) is 0 Å². The molecule has 6 rings (SSSR count). The van der Waals surface area contributed by atoms with Gasteiger partial charge in [0.15, 0.2) is 5.96 Å². The van der Waals surface area contributed by atoms with E-state index in [1.807, 2.05) is 41.0 Å². The summed E-state index contributed by atoms with van der Waals surface area (Å²) in [6.07, 6.45) is -3.09. The van der Waals surface area contributed by atoms with Gasteiger partial charge in [-0.15, -0.1) is 0 Å². The van der Waals surface area contributed by atoms with Crippen molar-refractivity contribution < 1.29 is 145 Å². The van der Waals surface area contributed by atoms with E-state index in [1.54, 1.807) is 6.26 Å². The van der Waals surface area contributed by atoms with E-state index in [0.717, 1.165) is 27.2 Å². The average Bonchev–Trinajstić information content (AvgIpc) is 1.63. The van der Waals surface area contributed by atoms with E-state index in [-0.39, 0.29) is 135 Å². The zero-order chi connectivity index (χ0) is 108. The quantitative estimate of drug-likeness (QED) is 0.0164. The number of benzene rings is 1. The van der Waals surface area contributed by atoms with Crippen LogP contribution in [0.2, 0.25) is 0 Å². The number of aliphatic carboxylic acids is 4. The van der Waals surface area contributed by atoms with Crippen LogP contribution in [-0.2, 0) is 126 Å². The van der Waals surface area contributed by atoms with E-state index >= 15 is 0 Å². The first kappa shape index (κ1) is 119. The molecule has 5 aliphatic heterocycles. The number of hydrogen-bond donors (Lipinski definition) is 26. The van der Waals surface area contributed by atoms with Crippen LogP contribution in [-0.4, -0.2) is 384 Å². The minimum atomic E-state index is -2.15. The van der Waals surface area contributed by atoms with Crippen molar-refractivity contribution in [2.75, 3.05) is 71.0 Å². The number of likely N-dealkylation sites (tertiary alicyclic amines) is 5. The Hall–Kier alpha value is -14.5. The Morgan fingerprint density at radius 1 is 0.393 bits per heavy atom. The fourth-order valence-corrected chi connectivity index (χ4v) is 17.6. The third-order valence-corrected chi connectivity index (χ3v) is 25.3. The van der Waals surface area contributed by atoms with Crippen LogP contribution >= 0.6 is 11.8 Å². The summed E-state index contributed by atoms with van der Waals surface area (Å²) in [6, 6.07) is -19.4. The lowest BCUT2D eigenvalue weighted by Gasteiger charge is -2.33. The number of rotatable bonds is 60. The molecule has 56 nitrogen and oxygen atoms in total. The van der Waals surface area contributed by atoms with Crippen molar-refractivity contribution in [3.63, 3.8) is 0 Å². The van der Waals surface area contributed by atoms with Gasteiger partial charge >= 0.3 is 23.9 Å². The number of aliphatic hydroxyl groups excluding tert-OH is 1. The number of guanidine groups is 1. The molecule has 0 bridgehead atoms. The number of amides is 21. The predicted octanol–water partition coefficient (Wildman–Crippen LogP) is -11.5. The van der Waals surface area contributed by atoms with E-state index in [9.17, 15) is 145 Å². The standard InChI is InChI=1S/C88H134N26O30S/c1-44(70(126)105-52(87(143)144)18-9-30-96-88(94)95)98-72(128)50(28-36-145-3)102-73(129)48(24-26-63(91)116)101-74(130)49(25-27-67(120)121)103-79(135)59-20-12-33-112(59)85(141)57(43-115)109-71(127)45(2)99-75(131)53(38-64(92)117)106-76(132)54(40-68(122)123)100-66(119)42-97-78(134)58-19-10-31-110(58)84(140)56(39-65(93)118)108-77(133)55(41-69(124)125)107-81(137)60-21-11-32-111(60)83(139)51(17-7-8-29-89)104-80(136)61-22-13-34-113(61)86(142)62-23-14-35-114(62)82(138)47(90)37-46-15-5-4-6-16-46/h4-6,15-16,44-45,47-62,115H,7-14,17-43,89-90H2,1-3H3,(H2,91,116)(H2,92,117)(H2,93,118)(H,97,134)(H,98,128)(H,99,131)(H,100,119)(H,101,130)(H,102,129)(H,103,135)(H,104,136)(H,105,126)(H,106,132)(H,107,137)(H,108,133)(H,109,127)(H,120,121)(H,122,123)(H,124,125)(H,143,144)(H4,94,95,96)/t44-,45-,47-,48-,49-,50-,51-,52-,53-,54-,55-,56-,57-,58-,59-,60-,61-,62-/m0/s1. The molecule has 1 aromatic rings. The fourth-order valence-electron chi connectivity index (χ4n) is 17.1. The molecular weight excluding hydrogens is 1930 g/mol. The first-order chi connectivity index (χ1) is 68.6. The highest BCUT2D eigenvalue weighted by atomic mass is 32.2. The number of aliphatic hydroxyl groups is 1. The molecule has 802 valence electrons. The van der Waals surface area contributed by atoms with Crippen LogP contribution in [0.4, 0.5) is 0 Å². The first-order valence-electron chi connectivity index (χ1n) is 47.4. The van der Waals surface area contributed by atoms with Gasteiger partial charge in [-0.05, 0) is 160 Å². The molecule has 145 heavy (non-hydrogen) atoms.